The predicted octanol–water partition coefficient (Wildman–Crippen LogP) is 18.4. The topological polar surface area (TPSA) is 63.7 Å². The summed E-state index contributed by atoms with van der Waals surface area (Å²) in [5.74, 6) is -0.439. The molecule has 0 rings (SSSR count). The molecule has 5 nitrogen and oxygen atoms in total. The van der Waals surface area contributed by atoms with Gasteiger partial charge in [0.2, 0.25) is 11.8 Å². The van der Waals surface area contributed by atoms with Gasteiger partial charge in [-0.3, -0.25) is 19.3 Å². The van der Waals surface area contributed by atoms with Crippen LogP contribution in [0.25, 0.3) is 0 Å². The number of hydrogen-bond acceptors (Lipinski definition) is 4. The van der Waals surface area contributed by atoms with Gasteiger partial charge in [-0.2, -0.15) is 0 Å². The Hall–Kier alpha value is -2.17. The first-order chi connectivity index (χ1) is 30.5. The molecule has 0 heterocycles. The van der Waals surface area contributed by atoms with Crippen molar-refractivity contribution in [2.45, 2.75) is 303 Å². The molecule has 0 bridgehead atoms. The number of amides is 2. The number of rotatable bonds is 48. The molecule has 0 aliphatic carbocycles. The quantitative estimate of drug-likeness (QED) is 0.0347. The third-order valence-corrected chi connectivity index (χ3v) is 12.3. The van der Waals surface area contributed by atoms with E-state index in [2.05, 4.69) is 57.2 Å². The molecule has 0 fully saturated rings. The molecule has 0 saturated carbocycles. The van der Waals surface area contributed by atoms with Crippen LogP contribution in [0.5, 0.6) is 0 Å². The molecule has 0 aromatic carbocycles. The number of nitrogens with zero attached hydrogens (tertiary/aromatic N) is 1. The molecular formula is C57H105NO4. The Morgan fingerprint density at radius 2 is 0.597 bits per heavy atom. The van der Waals surface area contributed by atoms with Crippen molar-refractivity contribution in [3.8, 4) is 0 Å². The maximum absolute atomic E-state index is 13.5. The number of esters is 1. The second-order valence-electron chi connectivity index (χ2n) is 18.7. The highest BCUT2D eigenvalue weighted by molar-refractivity contribution is 5.95. The maximum Gasteiger partial charge on any atom is 0.306 e. The molecule has 1 atom stereocenters. The van der Waals surface area contributed by atoms with Gasteiger partial charge in [-0.15, -0.1) is 0 Å². The van der Waals surface area contributed by atoms with Crippen molar-refractivity contribution in [2.24, 2.45) is 0 Å². The average molecular weight is 868 g/mol. The zero-order chi connectivity index (χ0) is 45.2. The summed E-state index contributed by atoms with van der Waals surface area (Å²) in [7, 11) is 0. The minimum Gasteiger partial charge on any atom is -0.461 e. The van der Waals surface area contributed by atoms with E-state index in [9.17, 15) is 14.4 Å². The van der Waals surface area contributed by atoms with E-state index in [1.807, 2.05) is 6.92 Å². The van der Waals surface area contributed by atoms with Crippen molar-refractivity contribution in [1.29, 1.82) is 0 Å². The molecule has 0 aromatic heterocycles. The summed E-state index contributed by atoms with van der Waals surface area (Å²) in [6.07, 6.45) is 62.1. The van der Waals surface area contributed by atoms with Crippen LogP contribution in [0.1, 0.15) is 297 Å². The molecule has 0 aliphatic rings. The van der Waals surface area contributed by atoms with Crippen molar-refractivity contribution < 1.29 is 19.1 Å². The van der Waals surface area contributed by atoms with Crippen LogP contribution < -0.4 is 0 Å². The molecule has 0 N–H and O–H groups in total. The normalized spacial score (nSPS) is 12.3. The summed E-state index contributed by atoms with van der Waals surface area (Å²) >= 11 is 0. The number of hydrogen-bond donors (Lipinski definition) is 0. The van der Waals surface area contributed by atoms with Crippen molar-refractivity contribution in [3.05, 3.63) is 36.5 Å². The zero-order valence-corrected chi connectivity index (χ0v) is 42.0. The van der Waals surface area contributed by atoms with Gasteiger partial charge in [0.05, 0.1) is 6.54 Å². The van der Waals surface area contributed by atoms with Crippen LogP contribution >= 0.6 is 0 Å². The van der Waals surface area contributed by atoms with Gasteiger partial charge in [0, 0.05) is 19.3 Å². The maximum atomic E-state index is 13.5. The lowest BCUT2D eigenvalue weighted by Gasteiger charge is -2.24. The van der Waals surface area contributed by atoms with E-state index in [0.717, 1.165) is 77.0 Å². The molecule has 0 saturated heterocycles. The summed E-state index contributed by atoms with van der Waals surface area (Å²) in [6, 6.07) is 0. The largest absolute Gasteiger partial charge is 0.461 e. The van der Waals surface area contributed by atoms with Crippen LogP contribution in [0, 0.1) is 0 Å². The van der Waals surface area contributed by atoms with E-state index in [0.29, 0.717) is 19.3 Å². The number of unbranched alkanes of at least 4 members (excludes halogenated alkanes) is 33. The molecule has 2 amide bonds. The van der Waals surface area contributed by atoms with Crippen molar-refractivity contribution >= 4 is 17.8 Å². The van der Waals surface area contributed by atoms with E-state index >= 15 is 0 Å². The Balaban J connectivity index is 4.53. The van der Waals surface area contributed by atoms with Gasteiger partial charge in [0.25, 0.3) is 0 Å². The van der Waals surface area contributed by atoms with Crippen molar-refractivity contribution in [3.63, 3.8) is 0 Å². The standard InChI is InChI=1S/C57H105NO4/c1-5-8-11-14-17-20-23-26-29-32-35-38-41-44-47-50-55(59)58(56(60)51-48-45-42-39-36-33-30-27-24-21-18-15-12-9-6-2)53-54(4)62-57(61)52-49-46-43-40-37-34-31-28-25-22-19-16-13-10-7-3/h26-31,54H,5-25,32-53H2,1-4H3/b29-26-,30-27-,31-28-. The van der Waals surface area contributed by atoms with Crippen LogP contribution in [0.3, 0.4) is 0 Å². The van der Waals surface area contributed by atoms with E-state index in [-0.39, 0.29) is 24.3 Å². The molecular weight excluding hydrogens is 763 g/mol. The van der Waals surface area contributed by atoms with Crippen LogP contribution in [0.2, 0.25) is 0 Å². The highest BCUT2D eigenvalue weighted by atomic mass is 16.5. The number of ether oxygens (including phenoxy) is 1. The fraction of sp³-hybridized carbons (Fsp3) is 0.842. The molecule has 0 radical (unpaired) electrons. The van der Waals surface area contributed by atoms with Gasteiger partial charge in [0.1, 0.15) is 6.10 Å². The molecule has 62 heavy (non-hydrogen) atoms. The fourth-order valence-electron chi connectivity index (χ4n) is 8.22. The van der Waals surface area contributed by atoms with Crippen LogP contribution in [0.4, 0.5) is 0 Å². The Bertz CT molecular complexity index is 1010. The summed E-state index contributed by atoms with van der Waals surface area (Å²) in [4.78, 5) is 41.1. The lowest BCUT2D eigenvalue weighted by molar-refractivity contribution is -0.155. The first kappa shape index (κ1) is 59.8. The third kappa shape index (κ3) is 44.4. The van der Waals surface area contributed by atoms with Gasteiger partial charge >= 0.3 is 5.97 Å². The monoisotopic (exact) mass is 868 g/mol. The number of carbonyl (C=O) groups excluding carboxylic acids is 3. The highest BCUT2D eigenvalue weighted by Crippen LogP contribution is 2.16. The summed E-state index contributed by atoms with van der Waals surface area (Å²) in [5, 5.41) is 0. The smallest absolute Gasteiger partial charge is 0.306 e. The molecule has 5 heteroatoms. The van der Waals surface area contributed by atoms with Gasteiger partial charge in [0.15, 0.2) is 0 Å². The Labute approximate surface area is 386 Å². The summed E-state index contributed by atoms with van der Waals surface area (Å²) in [6.45, 7) is 8.79. The van der Waals surface area contributed by atoms with Crippen LogP contribution in [-0.2, 0) is 19.1 Å². The number of allylic oxidation sites excluding steroid dienone is 6. The van der Waals surface area contributed by atoms with Gasteiger partial charge in [-0.25, -0.2) is 0 Å². The minimum atomic E-state index is -0.498. The summed E-state index contributed by atoms with van der Waals surface area (Å²) in [5.41, 5.74) is 0. The van der Waals surface area contributed by atoms with E-state index in [1.54, 1.807) is 0 Å². The second kappa shape index (κ2) is 49.8. The van der Waals surface area contributed by atoms with E-state index in [4.69, 9.17) is 4.74 Å². The van der Waals surface area contributed by atoms with Gasteiger partial charge in [-0.05, 0) is 103 Å². The van der Waals surface area contributed by atoms with Gasteiger partial charge in [-0.1, -0.05) is 211 Å². The lowest BCUT2D eigenvalue weighted by atomic mass is 10.1. The number of carbonyl (C=O) groups is 3. The molecule has 362 valence electrons. The van der Waals surface area contributed by atoms with Crippen LogP contribution in [0.15, 0.2) is 36.5 Å². The Morgan fingerprint density at radius 3 is 0.887 bits per heavy atom. The van der Waals surface area contributed by atoms with E-state index < -0.39 is 6.10 Å². The second-order valence-corrected chi connectivity index (χ2v) is 18.7. The minimum absolute atomic E-state index is 0.111. The Kier molecular flexibility index (Phi) is 48.1. The van der Waals surface area contributed by atoms with Crippen LogP contribution in [-0.4, -0.2) is 35.3 Å². The molecule has 0 aliphatic heterocycles. The molecule has 1 unspecified atom stereocenters. The van der Waals surface area contributed by atoms with Crippen molar-refractivity contribution in [1.82, 2.24) is 4.90 Å². The van der Waals surface area contributed by atoms with Crippen molar-refractivity contribution in [2.75, 3.05) is 6.54 Å². The summed E-state index contributed by atoms with van der Waals surface area (Å²) < 4.78 is 5.76. The first-order valence-corrected chi connectivity index (χ1v) is 27.4. The van der Waals surface area contributed by atoms with Gasteiger partial charge < -0.3 is 4.74 Å². The first-order valence-electron chi connectivity index (χ1n) is 27.4. The van der Waals surface area contributed by atoms with E-state index in [1.165, 1.54) is 178 Å². The zero-order valence-electron chi connectivity index (χ0n) is 42.0. The predicted molar refractivity (Wildman–Crippen MR) is 271 cm³/mol. The molecule has 0 aromatic rings. The lowest BCUT2D eigenvalue weighted by Crippen LogP contribution is -2.42. The molecule has 0 spiro atoms. The Morgan fingerprint density at radius 1 is 0.355 bits per heavy atom. The highest BCUT2D eigenvalue weighted by Gasteiger charge is 2.24. The number of imide groups is 1. The average Bonchev–Trinajstić information content (AvgIpc) is 3.26. The SMILES string of the molecule is CCCCCCCC/C=C\CCCCCCCC(=O)OC(C)CN(C(=O)CCCCCCC/C=C\CCCCCCCC)C(=O)CCCCCCC/C=C\CCCCCCCC. The third-order valence-electron chi connectivity index (χ3n) is 12.3. The fourth-order valence-corrected chi connectivity index (χ4v) is 8.22.